The fourth-order valence-electron chi connectivity index (χ4n) is 1.80. The van der Waals surface area contributed by atoms with E-state index in [0.717, 1.165) is 12.1 Å². The van der Waals surface area contributed by atoms with Crippen molar-refractivity contribution >= 4 is 12.3 Å². The zero-order valence-electron chi connectivity index (χ0n) is 8.17. The first-order valence-electron chi connectivity index (χ1n) is 4.69. The molecule has 0 aliphatic heterocycles. The van der Waals surface area contributed by atoms with Crippen LogP contribution in [0.25, 0.3) is 0 Å². The summed E-state index contributed by atoms with van der Waals surface area (Å²) in [7, 11) is 0. The molecule has 0 heterocycles. The van der Waals surface area contributed by atoms with Crippen molar-refractivity contribution in [1.82, 2.24) is 0 Å². The zero-order valence-corrected chi connectivity index (χ0v) is 8.17. The number of hydrogen-bond donors (Lipinski definition) is 1. The minimum absolute atomic E-state index is 0.0638. The van der Waals surface area contributed by atoms with Gasteiger partial charge < -0.3 is 5.11 Å². The van der Waals surface area contributed by atoms with Crippen molar-refractivity contribution in [2.45, 2.75) is 18.3 Å². The summed E-state index contributed by atoms with van der Waals surface area (Å²) in [4.78, 5) is 21.7. The minimum Gasteiger partial charge on any atom is -0.481 e. The van der Waals surface area contributed by atoms with Gasteiger partial charge in [0.2, 0.25) is 0 Å². The molecule has 5 heteroatoms. The molecular weight excluding hydrogens is 218 g/mol. The van der Waals surface area contributed by atoms with E-state index < -0.39 is 23.0 Å². The molecule has 1 aliphatic rings. The lowest BCUT2D eigenvalue weighted by molar-refractivity contribution is -0.140. The highest BCUT2D eigenvalue weighted by molar-refractivity contribution is 5.89. The second kappa shape index (κ2) is 3.37. The van der Waals surface area contributed by atoms with Crippen LogP contribution < -0.4 is 0 Å². The summed E-state index contributed by atoms with van der Waals surface area (Å²) in [5.41, 5.74) is -1.24. The van der Waals surface area contributed by atoms with E-state index in [9.17, 15) is 18.4 Å². The van der Waals surface area contributed by atoms with Gasteiger partial charge in [0.1, 0.15) is 6.29 Å². The topological polar surface area (TPSA) is 54.4 Å². The highest BCUT2D eigenvalue weighted by atomic mass is 19.2. The maximum Gasteiger partial charge on any atom is 0.314 e. The van der Waals surface area contributed by atoms with Gasteiger partial charge in [0, 0.05) is 5.56 Å². The lowest BCUT2D eigenvalue weighted by Crippen LogP contribution is -2.21. The molecule has 1 aromatic rings. The Bertz CT molecular complexity index is 478. The number of aldehydes is 1. The van der Waals surface area contributed by atoms with E-state index in [2.05, 4.69) is 0 Å². The average molecular weight is 226 g/mol. The third-order valence-electron chi connectivity index (χ3n) is 2.89. The van der Waals surface area contributed by atoms with Crippen molar-refractivity contribution in [1.29, 1.82) is 0 Å². The summed E-state index contributed by atoms with van der Waals surface area (Å²) in [5, 5.41) is 9.01. The van der Waals surface area contributed by atoms with E-state index in [1.807, 2.05) is 0 Å². The average Bonchev–Trinajstić information content (AvgIpc) is 3.02. The molecule has 0 saturated heterocycles. The molecular formula is C11H8F2O3. The molecule has 84 valence electrons. The molecule has 0 unspecified atom stereocenters. The van der Waals surface area contributed by atoms with Crippen molar-refractivity contribution in [3.8, 4) is 0 Å². The normalized spacial score (nSPS) is 16.9. The van der Waals surface area contributed by atoms with Crippen LogP contribution in [0, 0.1) is 11.6 Å². The predicted molar refractivity (Wildman–Crippen MR) is 50.3 cm³/mol. The van der Waals surface area contributed by atoms with Crippen LogP contribution in [0.3, 0.4) is 0 Å². The molecule has 0 amide bonds. The Hall–Kier alpha value is -1.78. The van der Waals surface area contributed by atoms with Crippen LogP contribution in [0.5, 0.6) is 0 Å². The SMILES string of the molecule is O=Cc1cc(F)c(F)cc1C1(C(=O)O)CC1. The van der Waals surface area contributed by atoms with Gasteiger partial charge in [-0.25, -0.2) is 8.78 Å². The Morgan fingerprint density at radius 1 is 1.31 bits per heavy atom. The number of hydrogen-bond acceptors (Lipinski definition) is 2. The van der Waals surface area contributed by atoms with Crippen molar-refractivity contribution in [2.24, 2.45) is 0 Å². The smallest absolute Gasteiger partial charge is 0.314 e. The van der Waals surface area contributed by atoms with Gasteiger partial charge in [-0.15, -0.1) is 0 Å². The van der Waals surface area contributed by atoms with Crippen LogP contribution in [-0.4, -0.2) is 17.4 Å². The van der Waals surface area contributed by atoms with Crippen molar-refractivity contribution in [3.05, 3.63) is 34.9 Å². The molecule has 1 aromatic carbocycles. The van der Waals surface area contributed by atoms with Crippen LogP contribution in [0.4, 0.5) is 8.78 Å². The molecule has 1 aliphatic carbocycles. The molecule has 2 rings (SSSR count). The van der Waals surface area contributed by atoms with E-state index >= 15 is 0 Å². The Labute approximate surface area is 89.7 Å². The van der Waals surface area contributed by atoms with Crippen LogP contribution in [0.1, 0.15) is 28.8 Å². The number of benzene rings is 1. The highest BCUT2D eigenvalue weighted by Crippen LogP contribution is 2.49. The number of carboxylic acids is 1. The molecule has 3 nitrogen and oxygen atoms in total. The molecule has 1 N–H and O–H groups in total. The molecule has 0 radical (unpaired) electrons. The molecule has 0 atom stereocenters. The Morgan fingerprint density at radius 2 is 1.88 bits per heavy atom. The summed E-state index contributed by atoms with van der Waals surface area (Å²) in [6, 6.07) is 1.54. The quantitative estimate of drug-likeness (QED) is 0.801. The van der Waals surface area contributed by atoms with Crippen molar-refractivity contribution < 1.29 is 23.5 Å². The standard InChI is InChI=1S/C11H8F2O3/c12-8-3-6(5-14)7(4-9(8)13)11(1-2-11)10(15)16/h3-5H,1-2H2,(H,15,16). The first-order valence-corrected chi connectivity index (χ1v) is 4.69. The maximum absolute atomic E-state index is 13.0. The first kappa shape index (κ1) is 10.7. The molecule has 0 aromatic heterocycles. The summed E-state index contributed by atoms with van der Waals surface area (Å²) >= 11 is 0. The fraction of sp³-hybridized carbons (Fsp3) is 0.273. The highest BCUT2D eigenvalue weighted by Gasteiger charge is 2.53. The lowest BCUT2D eigenvalue weighted by Gasteiger charge is -2.12. The third kappa shape index (κ3) is 1.39. The first-order chi connectivity index (χ1) is 7.51. The van der Waals surface area contributed by atoms with Gasteiger partial charge in [-0.2, -0.15) is 0 Å². The minimum atomic E-state index is -1.20. The second-order valence-corrected chi connectivity index (χ2v) is 3.86. The fourth-order valence-corrected chi connectivity index (χ4v) is 1.80. The summed E-state index contributed by atoms with van der Waals surface area (Å²) in [6.07, 6.45) is 1.03. The lowest BCUT2D eigenvalue weighted by atomic mass is 9.91. The van der Waals surface area contributed by atoms with Gasteiger partial charge in [0.15, 0.2) is 11.6 Å². The van der Waals surface area contributed by atoms with E-state index in [1.165, 1.54) is 0 Å². The maximum atomic E-state index is 13.0. The molecule has 16 heavy (non-hydrogen) atoms. The summed E-state index contributed by atoms with van der Waals surface area (Å²) in [6.45, 7) is 0. The van der Waals surface area contributed by atoms with E-state index in [4.69, 9.17) is 5.11 Å². The Balaban J connectivity index is 2.60. The monoisotopic (exact) mass is 226 g/mol. The summed E-state index contributed by atoms with van der Waals surface area (Å²) < 4.78 is 25.9. The van der Waals surface area contributed by atoms with Crippen LogP contribution in [-0.2, 0) is 10.2 Å². The van der Waals surface area contributed by atoms with Crippen LogP contribution in [0.2, 0.25) is 0 Å². The van der Waals surface area contributed by atoms with Gasteiger partial charge in [0.25, 0.3) is 0 Å². The number of rotatable bonds is 3. The van der Waals surface area contributed by atoms with Crippen LogP contribution >= 0.6 is 0 Å². The van der Waals surface area contributed by atoms with Gasteiger partial charge in [0.05, 0.1) is 5.41 Å². The van der Waals surface area contributed by atoms with Gasteiger partial charge in [-0.05, 0) is 30.5 Å². The van der Waals surface area contributed by atoms with Gasteiger partial charge >= 0.3 is 5.97 Å². The zero-order chi connectivity index (χ0) is 11.9. The van der Waals surface area contributed by atoms with E-state index in [-0.39, 0.29) is 11.1 Å². The Kier molecular flexibility index (Phi) is 2.26. The van der Waals surface area contributed by atoms with Crippen molar-refractivity contribution in [2.75, 3.05) is 0 Å². The van der Waals surface area contributed by atoms with Crippen LogP contribution in [0.15, 0.2) is 12.1 Å². The van der Waals surface area contributed by atoms with Gasteiger partial charge in [-0.1, -0.05) is 0 Å². The van der Waals surface area contributed by atoms with Gasteiger partial charge in [-0.3, -0.25) is 9.59 Å². The third-order valence-corrected chi connectivity index (χ3v) is 2.89. The number of carbonyl (C=O) groups excluding carboxylic acids is 1. The second-order valence-electron chi connectivity index (χ2n) is 3.86. The van der Waals surface area contributed by atoms with E-state index in [1.54, 1.807) is 0 Å². The molecule has 0 spiro atoms. The largest absolute Gasteiger partial charge is 0.481 e. The van der Waals surface area contributed by atoms with Crippen molar-refractivity contribution in [3.63, 3.8) is 0 Å². The van der Waals surface area contributed by atoms with E-state index in [0.29, 0.717) is 19.1 Å². The molecule has 0 bridgehead atoms. The summed E-state index contributed by atoms with van der Waals surface area (Å²) in [5.74, 6) is -3.39. The predicted octanol–water partition coefficient (Wildman–Crippen LogP) is 1.89. The number of carbonyl (C=O) groups is 2. The molecule has 1 fully saturated rings. The number of halogens is 2. The Morgan fingerprint density at radius 3 is 2.31 bits per heavy atom. The number of aliphatic carboxylic acids is 1. The number of carboxylic acid groups (broad SMARTS) is 1. The molecule has 1 saturated carbocycles.